The van der Waals surface area contributed by atoms with Crippen molar-refractivity contribution in [1.82, 2.24) is 0 Å². The Morgan fingerprint density at radius 1 is 1.20 bits per heavy atom. The molecule has 0 fully saturated rings. The molecule has 82 valence electrons. The minimum Gasteiger partial charge on any atom is -0.100 e. The van der Waals surface area contributed by atoms with Crippen LogP contribution in [0.1, 0.15) is 24.4 Å². The van der Waals surface area contributed by atoms with E-state index < -0.39 is 8.07 Å². The van der Waals surface area contributed by atoms with Crippen LogP contribution in [-0.4, -0.2) is 8.07 Å². The molecule has 1 rings (SSSR count). The molecule has 0 heterocycles. The van der Waals surface area contributed by atoms with E-state index in [1.54, 1.807) is 0 Å². The van der Waals surface area contributed by atoms with E-state index in [9.17, 15) is 0 Å². The van der Waals surface area contributed by atoms with Crippen molar-refractivity contribution in [3.05, 3.63) is 48.0 Å². The van der Waals surface area contributed by atoms with Crippen molar-refractivity contribution in [2.75, 3.05) is 0 Å². The van der Waals surface area contributed by atoms with Crippen LogP contribution in [0, 0.1) is 0 Å². The molecule has 1 aromatic carbocycles. The third-order valence-corrected chi connectivity index (χ3v) is 5.43. The number of hydrogen-bond donors (Lipinski definition) is 0. The van der Waals surface area contributed by atoms with Gasteiger partial charge in [0.15, 0.2) is 0 Å². The Morgan fingerprint density at radius 3 is 2.13 bits per heavy atom. The standard InChI is InChI=1S/C14H22Si/c1-12(2)11-14(15(3,4)5)13-9-7-6-8-10-13/h6-10,14H,1,11H2,2-5H3. The van der Waals surface area contributed by atoms with Crippen LogP contribution in [0.3, 0.4) is 0 Å². The lowest BCUT2D eigenvalue weighted by Crippen LogP contribution is -2.31. The average molecular weight is 218 g/mol. The molecular formula is C14H22Si. The molecule has 15 heavy (non-hydrogen) atoms. The van der Waals surface area contributed by atoms with E-state index in [4.69, 9.17) is 0 Å². The highest BCUT2D eigenvalue weighted by atomic mass is 28.3. The van der Waals surface area contributed by atoms with Gasteiger partial charge in [-0.2, -0.15) is 0 Å². The van der Waals surface area contributed by atoms with Crippen LogP contribution in [0.4, 0.5) is 0 Å². The van der Waals surface area contributed by atoms with Gasteiger partial charge in [-0.25, -0.2) is 0 Å². The van der Waals surface area contributed by atoms with Crippen LogP contribution in [-0.2, 0) is 0 Å². The normalized spacial score (nSPS) is 13.6. The van der Waals surface area contributed by atoms with Gasteiger partial charge in [0.1, 0.15) is 0 Å². The van der Waals surface area contributed by atoms with E-state index in [2.05, 4.69) is 63.5 Å². The van der Waals surface area contributed by atoms with E-state index in [1.807, 2.05) is 0 Å². The summed E-state index contributed by atoms with van der Waals surface area (Å²) in [6.07, 6.45) is 1.14. The Labute approximate surface area is 95.0 Å². The predicted molar refractivity (Wildman–Crippen MR) is 72.0 cm³/mol. The quantitative estimate of drug-likeness (QED) is 0.511. The molecule has 0 spiro atoms. The maximum Gasteiger partial charge on any atom is 0.0525 e. The Bertz CT molecular complexity index is 319. The van der Waals surface area contributed by atoms with E-state index in [0.717, 1.165) is 6.42 Å². The van der Waals surface area contributed by atoms with Crippen LogP contribution in [0.5, 0.6) is 0 Å². The summed E-state index contributed by atoms with van der Waals surface area (Å²) in [6.45, 7) is 13.5. The molecule has 0 amide bonds. The second-order valence-corrected chi connectivity index (χ2v) is 10.9. The third-order valence-electron chi connectivity index (χ3n) is 2.80. The molecule has 0 radical (unpaired) electrons. The SMILES string of the molecule is C=C(C)CC(c1ccccc1)[Si](C)(C)C. The predicted octanol–water partition coefficient (Wildman–Crippen LogP) is 4.61. The Balaban J connectivity index is 2.97. The van der Waals surface area contributed by atoms with Gasteiger partial charge in [0.25, 0.3) is 0 Å². The minimum absolute atomic E-state index is 0.705. The van der Waals surface area contributed by atoms with Crippen molar-refractivity contribution in [3.8, 4) is 0 Å². The first-order chi connectivity index (χ1) is 6.91. The van der Waals surface area contributed by atoms with Gasteiger partial charge in [0.2, 0.25) is 0 Å². The maximum absolute atomic E-state index is 4.06. The lowest BCUT2D eigenvalue weighted by atomic mass is 10.1. The van der Waals surface area contributed by atoms with Crippen molar-refractivity contribution in [1.29, 1.82) is 0 Å². The van der Waals surface area contributed by atoms with Gasteiger partial charge in [-0.3, -0.25) is 0 Å². The summed E-state index contributed by atoms with van der Waals surface area (Å²) in [5.74, 6) is 0. The van der Waals surface area contributed by atoms with Crippen molar-refractivity contribution < 1.29 is 0 Å². The van der Waals surface area contributed by atoms with Gasteiger partial charge in [-0.05, 0) is 24.4 Å². The fraction of sp³-hybridized carbons (Fsp3) is 0.429. The van der Waals surface area contributed by atoms with Crippen molar-refractivity contribution in [2.24, 2.45) is 0 Å². The molecule has 1 unspecified atom stereocenters. The summed E-state index contributed by atoms with van der Waals surface area (Å²) < 4.78 is 0. The molecule has 0 nitrogen and oxygen atoms in total. The van der Waals surface area contributed by atoms with Crippen molar-refractivity contribution >= 4 is 8.07 Å². The Morgan fingerprint density at radius 2 is 1.73 bits per heavy atom. The van der Waals surface area contributed by atoms with Crippen LogP contribution in [0.2, 0.25) is 19.6 Å². The van der Waals surface area contributed by atoms with Gasteiger partial charge < -0.3 is 0 Å². The second kappa shape index (κ2) is 4.80. The molecule has 0 aliphatic rings. The molecule has 0 aliphatic carbocycles. The third kappa shape index (κ3) is 3.67. The first-order valence-corrected chi connectivity index (χ1v) is 9.18. The van der Waals surface area contributed by atoms with E-state index in [-0.39, 0.29) is 0 Å². The zero-order valence-corrected chi connectivity index (χ0v) is 11.4. The lowest BCUT2D eigenvalue weighted by molar-refractivity contribution is 0.867. The molecule has 0 aromatic heterocycles. The molecular weight excluding hydrogens is 196 g/mol. The lowest BCUT2D eigenvalue weighted by Gasteiger charge is -2.29. The summed E-state index contributed by atoms with van der Waals surface area (Å²) in [5.41, 5.74) is 3.49. The van der Waals surface area contributed by atoms with E-state index in [1.165, 1.54) is 11.1 Å². The summed E-state index contributed by atoms with van der Waals surface area (Å²) in [7, 11) is -1.15. The molecule has 0 N–H and O–H groups in total. The van der Waals surface area contributed by atoms with Crippen LogP contribution in [0.25, 0.3) is 0 Å². The van der Waals surface area contributed by atoms with Gasteiger partial charge in [0, 0.05) is 0 Å². The Hall–Kier alpha value is -0.823. The molecule has 0 bridgehead atoms. The minimum atomic E-state index is -1.15. The fourth-order valence-electron chi connectivity index (χ4n) is 1.96. The molecule has 1 atom stereocenters. The van der Waals surface area contributed by atoms with E-state index in [0.29, 0.717) is 5.54 Å². The van der Waals surface area contributed by atoms with Gasteiger partial charge >= 0.3 is 0 Å². The van der Waals surface area contributed by atoms with Crippen LogP contribution >= 0.6 is 0 Å². The number of allylic oxidation sites excluding steroid dienone is 1. The van der Waals surface area contributed by atoms with Crippen molar-refractivity contribution in [2.45, 2.75) is 38.5 Å². The van der Waals surface area contributed by atoms with Gasteiger partial charge in [-0.15, -0.1) is 6.58 Å². The largest absolute Gasteiger partial charge is 0.100 e. The second-order valence-electron chi connectivity index (χ2n) is 5.49. The molecule has 1 heteroatoms. The molecule has 1 aromatic rings. The van der Waals surface area contributed by atoms with Gasteiger partial charge in [-0.1, -0.05) is 55.5 Å². The maximum atomic E-state index is 4.06. The molecule has 0 saturated heterocycles. The highest BCUT2D eigenvalue weighted by Gasteiger charge is 2.27. The Kier molecular flexibility index (Phi) is 3.92. The summed E-state index contributed by atoms with van der Waals surface area (Å²) in [6, 6.07) is 10.9. The van der Waals surface area contributed by atoms with Gasteiger partial charge in [0.05, 0.1) is 8.07 Å². The number of rotatable bonds is 4. The van der Waals surface area contributed by atoms with E-state index >= 15 is 0 Å². The average Bonchev–Trinajstić information content (AvgIpc) is 2.14. The molecule has 0 saturated carbocycles. The number of hydrogen-bond acceptors (Lipinski definition) is 0. The molecule has 0 aliphatic heterocycles. The summed E-state index contributed by atoms with van der Waals surface area (Å²) in [4.78, 5) is 0. The topological polar surface area (TPSA) is 0 Å². The smallest absolute Gasteiger partial charge is 0.0525 e. The number of benzene rings is 1. The summed E-state index contributed by atoms with van der Waals surface area (Å²) in [5, 5.41) is 0. The zero-order chi connectivity index (χ0) is 11.5. The van der Waals surface area contributed by atoms with Crippen molar-refractivity contribution in [3.63, 3.8) is 0 Å². The van der Waals surface area contributed by atoms with Crippen LogP contribution < -0.4 is 0 Å². The highest BCUT2D eigenvalue weighted by Crippen LogP contribution is 2.32. The first-order valence-electron chi connectivity index (χ1n) is 5.60. The monoisotopic (exact) mass is 218 g/mol. The first kappa shape index (κ1) is 12.2. The zero-order valence-electron chi connectivity index (χ0n) is 10.4. The summed E-state index contributed by atoms with van der Waals surface area (Å²) >= 11 is 0. The van der Waals surface area contributed by atoms with Crippen LogP contribution in [0.15, 0.2) is 42.5 Å². The fourth-order valence-corrected chi connectivity index (χ4v) is 4.11. The highest BCUT2D eigenvalue weighted by molar-refractivity contribution is 6.77.